The van der Waals surface area contributed by atoms with Crippen LogP contribution in [-0.2, 0) is 20.8 Å². The van der Waals surface area contributed by atoms with Crippen LogP contribution < -0.4 is 15.4 Å². The molecule has 3 N–H and O–H groups in total. The molecule has 212 valence electrons. The van der Waals surface area contributed by atoms with E-state index in [1.165, 1.54) is 48.8 Å². The fraction of sp³-hybridized carbons (Fsp3) is 0.280. The van der Waals surface area contributed by atoms with E-state index in [1.807, 2.05) is 0 Å². The van der Waals surface area contributed by atoms with Crippen LogP contribution in [0.2, 0.25) is 0 Å². The minimum absolute atomic E-state index is 0. The fourth-order valence-corrected chi connectivity index (χ4v) is 6.08. The van der Waals surface area contributed by atoms with E-state index < -0.39 is 38.5 Å². The van der Waals surface area contributed by atoms with Crippen LogP contribution in [0.25, 0.3) is 0 Å². The minimum atomic E-state index is -4.47. The maximum atomic E-state index is 13.7. The Morgan fingerprint density at radius 2 is 1.46 bits per heavy atom. The first-order valence-electron chi connectivity index (χ1n) is 11.3. The van der Waals surface area contributed by atoms with Gasteiger partial charge in [-0.05, 0) is 86.6 Å². The second kappa shape index (κ2) is 13.0. The molecule has 4 rings (SSSR count). The lowest BCUT2D eigenvalue weighted by Crippen LogP contribution is -2.58. The molecule has 0 saturated carbocycles. The highest BCUT2D eigenvalue weighted by molar-refractivity contribution is 7.93. The third-order valence-corrected chi connectivity index (χ3v) is 8.70. The van der Waals surface area contributed by atoms with Crippen LogP contribution >= 0.6 is 24.8 Å². The number of piperidine rings is 1. The summed E-state index contributed by atoms with van der Waals surface area (Å²) in [6.07, 6.45) is -3.02. The maximum Gasteiger partial charge on any atom is 0.416 e. The van der Waals surface area contributed by atoms with Crippen LogP contribution in [0.3, 0.4) is 0 Å². The summed E-state index contributed by atoms with van der Waals surface area (Å²) >= 11 is 0. The van der Waals surface area contributed by atoms with Crippen LogP contribution in [0.15, 0.2) is 78.0 Å². The number of carbonyl (C=O) groups excluding carboxylic acids is 1. The lowest BCUT2D eigenvalue weighted by atomic mass is 9.95. The van der Waals surface area contributed by atoms with Gasteiger partial charge in [-0.1, -0.05) is 0 Å². The number of hydrogen-bond donors (Lipinski definition) is 3. The predicted molar refractivity (Wildman–Crippen MR) is 142 cm³/mol. The molecule has 8 nitrogen and oxygen atoms in total. The highest BCUT2D eigenvalue weighted by Crippen LogP contribution is 2.36. The predicted octanol–water partition coefficient (Wildman–Crippen LogP) is 4.44. The molecular formula is C25H26Cl2F3N3O5S. The first-order chi connectivity index (χ1) is 17.5. The van der Waals surface area contributed by atoms with E-state index in [2.05, 4.69) is 15.6 Å². The van der Waals surface area contributed by atoms with Crippen LogP contribution in [-0.4, -0.2) is 42.3 Å². The summed E-state index contributed by atoms with van der Waals surface area (Å²) < 4.78 is 69.5. The van der Waals surface area contributed by atoms with E-state index >= 15 is 0 Å². The van der Waals surface area contributed by atoms with Crippen LogP contribution in [0.1, 0.15) is 30.2 Å². The number of pyridine rings is 1. The van der Waals surface area contributed by atoms with Gasteiger partial charge in [-0.25, -0.2) is 8.42 Å². The monoisotopic (exact) mass is 607 g/mol. The quantitative estimate of drug-likeness (QED) is 0.340. The molecule has 3 aromatic rings. The van der Waals surface area contributed by atoms with Crippen molar-refractivity contribution in [1.82, 2.24) is 15.6 Å². The fourth-order valence-electron chi connectivity index (χ4n) is 4.09. The molecule has 1 aliphatic heterocycles. The van der Waals surface area contributed by atoms with Gasteiger partial charge < -0.3 is 20.5 Å². The number of halogens is 5. The van der Waals surface area contributed by atoms with Gasteiger partial charge in [0.15, 0.2) is 20.8 Å². The summed E-state index contributed by atoms with van der Waals surface area (Å²) in [5.74, 6) is -0.470. The van der Waals surface area contributed by atoms with Crippen molar-refractivity contribution in [3.8, 4) is 11.5 Å². The zero-order valence-electron chi connectivity index (χ0n) is 20.2. The number of aliphatic hydroxyl groups is 1. The van der Waals surface area contributed by atoms with Crippen LogP contribution in [0.5, 0.6) is 11.5 Å². The number of amides is 1. The smallest absolute Gasteiger partial charge is 0.416 e. The van der Waals surface area contributed by atoms with Gasteiger partial charge in [0.2, 0.25) is 5.91 Å². The molecule has 1 atom stereocenters. The molecule has 0 aliphatic carbocycles. The van der Waals surface area contributed by atoms with Gasteiger partial charge in [-0.3, -0.25) is 9.78 Å². The summed E-state index contributed by atoms with van der Waals surface area (Å²) in [5, 5.41) is 15.9. The molecule has 0 spiro atoms. The van der Waals surface area contributed by atoms with Crippen molar-refractivity contribution in [2.75, 3.05) is 13.1 Å². The molecule has 1 aliphatic rings. The Bertz CT molecular complexity index is 1340. The average Bonchev–Trinajstić information content (AvgIpc) is 2.89. The third kappa shape index (κ3) is 7.00. The number of alkyl halides is 3. The molecule has 1 fully saturated rings. The Morgan fingerprint density at radius 1 is 0.949 bits per heavy atom. The Morgan fingerprint density at radius 3 is 1.97 bits per heavy atom. The number of sulfone groups is 1. The van der Waals surface area contributed by atoms with E-state index in [1.54, 1.807) is 0 Å². The van der Waals surface area contributed by atoms with Gasteiger partial charge >= 0.3 is 6.18 Å². The topological polar surface area (TPSA) is 118 Å². The van der Waals surface area contributed by atoms with E-state index in [0.29, 0.717) is 5.56 Å². The first-order valence-corrected chi connectivity index (χ1v) is 12.8. The zero-order valence-corrected chi connectivity index (χ0v) is 22.7. The van der Waals surface area contributed by atoms with Gasteiger partial charge in [0, 0.05) is 18.0 Å². The van der Waals surface area contributed by atoms with E-state index in [0.717, 1.165) is 24.3 Å². The minimum Gasteiger partial charge on any atom is -0.457 e. The molecule has 2 heterocycles. The molecule has 1 amide bonds. The Balaban J connectivity index is 0.00000267. The average molecular weight is 608 g/mol. The number of ether oxygens (including phenoxy) is 1. The number of hydrogen-bond acceptors (Lipinski definition) is 7. The molecule has 1 unspecified atom stereocenters. The summed E-state index contributed by atoms with van der Waals surface area (Å²) in [5.41, 5.74) is -0.463. The van der Waals surface area contributed by atoms with Gasteiger partial charge in [-0.2, -0.15) is 13.2 Å². The number of carbonyl (C=O) groups is 1. The molecule has 39 heavy (non-hydrogen) atoms. The number of aromatic nitrogens is 1. The van der Waals surface area contributed by atoms with E-state index in [-0.39, 0.29) is 67.1 Å². The number of aliphatic hydroxyl groups excluding tert-OH is 1. The number of nitrogens with one attached hydrogen (secondary N) is 2. The summed E-state index contributed by atoms with van der Waals surface area (Å²) in [7, 11) is -4.22. The Hall–Kier alpha value is -2.90. The standard InChI is InChI=1S/C25H24F3N3O5S.2ClH/c26-25(27,28)18-1-3-19(4-2-18)36-20-5-7-21(8-6-20)37(34,35)24(11-15-30-16-12-24)23(33)31-22(32)17-9-13-29-14-10-17;;/h1-10,13-14,22,30,32H,11-12,15-16H2,(H,31,33);2*1H. The molecular weight excluding hydrogens is 582 g/mol. The summed E-state index contributed by atoms with van der Waals surface area (Å²) in [6, 6.07) is 12.4. The second-order valence-electron chi connectivity index (χ2n) is 8.50. The van der Waals surface area contributed by atoms with Gasteiger partial charge in [0.25, 0.3) is 0 Å². The number of nitrogens with zero attached hydrogens (tertiary/aromatic N) is 1. The van der Waals surface area contributed by atoms with Crippen LogP contribution in [0.4, 0.5) is 13.2 Å². The normalized spacial score (nSPS) is 15.7. The molecule has 14 heteroatoms. The number of benzene rings is 2. The molecule has 0 bridgehead atoms. The molecule has 1 aromatic heterocycles. The molecule has 0 radical (unpaired) electrons. The van der Waals surface area contributed by atoms with Crippen molar-refractivity contribution < 1.29 is 36.2 Å². The van der Waals surface area contributed by atoms with Crippen molar-refractivity contribution in [2.45, 2.75) is 34.9 Å². The second-order valence-corrected chi connectivity index (χ2v) is 10.8. The maximum absolute atomic E-state index is 13.7. The van der Waals surface area contributed by atoms with Crippen LogP contribution in [0, 0.1) is 0 Å². The third-order valence-electron chi connectivity index (χ3n) is 6.18. The highest BCUT2D eigenvalue weighted by atomic mass is 35.5. The SMILES string of the molecule is Cl.Cl.O=C(NC(O)c1ccncc1)C1(S(=O)(=O)c2ccc(Oc3ccc(C(F)(F)F)cc3)cc2)CCNCC1. The van der Waals surface area contributed by atoms with E-state index in [9.17, 15) is 31.5 Å². The Labute approximate surface area is 235 Å². The van der Waals surface area contributed by atoms with Gasteiger partial charge in [0.05, 0.1) is 10.5 Å². The van der Waals surface area contributed by atoms with Gasteiger partial charge in [0.1, 0.15) is 11.5 Å². The lowest BCUT2D eigenvalue weighted by Gasteiger charge is -2.36. The summed E-state index contributed by atoms with van der Waals surface area (Å²) in [6.45, 7) is 0.570. The van der Waals surface area contributed by atoms with Gasteiger partial charge in [-0.15, -0.1) is 24.8 Å². The lowest BCUT2D eigenvalue weighted by molar-refractivity contribution is -0.137. The van der Waals surface area contributed by atoms with Crippen molar-refractivity contribution in [1.29, 1.82) is 0 Å². The number of rotatable bonds is 7. The summed E-state index contributed by atoms with van der Waals surface area (Å²) in [4.78, 5) is 17.1. The van der Waals surface area contributed by atoms with Crippen molar-refractivity contribution >= 4 is 40.6 Å². The van der Waals surface area contributed by atoms with E-state index in [4.69, 9.17) is 4.74 Å². The highest BCUT2D eigenvalue weighted by Gasteiger charge is 2.52. The van der Waals surface area contributed by atoms with Crippen molar-refractivity contribution in [2.24, 2.45) is 0 Å². The van der Waals surface area contributed by atoms with Crippen molar-refractivity contribution in [3.05, 3.63) is 84.2 Å². The molecule has 2 aromatic carbocycles. The zero-order chi connectivity index (χ0) is 26.7. The van der Waals surface area contributed by atoms with Crippen molar-refractivity contribution in [3.63, 3.8) is 0 Å². The first kappa shape index (κ1) is 32.3. The Kier molecular flexibility index (Phi) is 10.7. The largest absolute Gasteiger partial charge is 0.457 e. The molecule has 1 saturated heterocycles.